The van der Waals surface area contributed by atoms with Crippen LogP contribution in [-0.4, -0.2) is 36.1 Å². The zero-order valence-electron chi connectivity index (χ0n) is 13.1. The van der Waals surface area contributed by atoms with Crippen LogP contribution in [0.4, 0.5) is 5.69 Å². The van der Waals surface area contributed by atoms with Crippen molar-refractivity contribution in [2.75, 3.05) is 31.1 Å². The minimum absolute atomic E-state index is 0.738. The van der Waals surface area contributed by atoms with Gasteiger partial charge in [0.1, 0.15) is 5.01 Å². The molecule has 0 saturated carbocycles. The molecule has 0 radical (unpaired) electrons. The molecule has 1 aliphatic rings. The number of aromatic nitrogens is 2. The first-order chi connectivity index (χ1) is 11.8. The van der Waals surface area contributed by atoms with Crippen LogP contribution >= 0.6 is 22.9 Å². The minimum atomic E-state index is 0.738. The van der Waals surface area contributed by atoms with Crippen LogP contribution in [0.2, 0.25) is 5.02 Å². The predicted molar refractivity (Wildman–Crippen MR) is 101 cm³/mol. The molecule has 3 aromatic rings. The van der Waals surface area contributed by atoms with E-state index in [2.05, 4.69) is 26.6 Å². The minimum Gasteiger partial charge on any atom is -0.368 e. The second-order valence-electron chi connectivity index (χ2n) is 5.67. The van der Waals surface area contributed by atoms with Gasteiger partial charge in [-0.1, -0.05) is 23.7 Å². The molecule has 3 heterocycles. The fourth-order valence-corrected chi connectivity index (χ4v) is 3.86. The number of benzene rings is 1. The lowest BCUT2D eigenvalue weighted by atomic mass is 10.1. The number of rotatable bonds is 3. The largest absolute Gasteiger partial charge is 0.368 e. The maximum absolute atomic E-state index is 5.97. The lowest BCUT2D eigenvalue weighted by Crippen LogP contribution is -2.43. The number of hydrogen-bond donors (Lipinski definition) is 1. The van der Waals surface area contributed by atoms with Gasteiger partial charge in [0.25, 0.3) is 0 Å². The fraction of sp³-hybridized carbons (Fsp3) is 0.222. The standard InChI is InChI=1S/C18H17ClN4S/c19-14-3-1-13(2-4-14)16-12-24-18(22-16)15-11-21-6-5-17(15)23-9-7-20-8-10-23/h1-6,11-12,20H,7-10H2. The molecule has 0 aliphatic carbocycles. The van der Waals surface area contributed by atoms with E-state index in [4.69, 9.17) is 16.6 Å². The lowest BCUT2D eigenvalue weighted by Gasteiger charge is -2.30. The maximum Gasteiger partial charge on any atom is 0.127 e. The summed E-state index contributed by atoms with van der Waals surface area (Å²) in [4.78, 5) is 11.5. The van der Waals surface area contributed by atoms with E-state index in [-0.39, 0.29) is 0 Å². The van der Waals surface area contributed by atoms with E-state index >= 15 is 0 Å². The number of piperazine rings is 1. The van der Waals surface area contributed by atoms with E-state index in [0.29, 0.717) is 0 Å². The summed E-state index contributed by atoms with van der Waals surface area (Å²) in [7, 11) is 0. The highest BCUT2D eigenvalue weighted by Crippen LogP contribution is 2.34. The number of anilines is 1. The van der Waals surface area contributed by atoms with Crippen molar-refractivity contribution in [2.24, 2.45) is 0 Å². The van der Waals surface area contributed by atoms with Crippen LogP contribution in [0.5, 0.6) is 0 Å². The van der Waals surface area contributed by atoms with Crippen molar-refractivity contribution < 1.29 is 0 Å². The summed E-state index contributed by atoms with van der Waals surface area (Å²) >= 11 is 7.62. The molecule has 1 aromatic carbocycles. The predicted octanol–water partition coefficient (Wildman–Crippen LogP) is 3.94. The Labute approximate surface area is 150 Å². The zero-order chi connectivity index (χ0) is 16.4. The Morgan fingerprint density at radius 2 is 1.88 bits per heavy atom. The van der Waals surface area contributed by atoms with E-state index in [1.807, 2.05) is 36.7 Å². The average molecular weight is 357 g/mol. The molecule has 0 bridgehead atoms. The van der Waals surface area contributed by atoms with Crippen molar-refractivity contribution in [3.63, 3.8) is 0 Å². The monoisotopic (exact) mass is 356 g/mol. The summed E-state index contributed by atoms with van der Waals surface area (Å²) in [6, 6.07) is 9.88. The highest BCUT2D eigenvalue weighted by atomic mass is 35.5. The Morgan fingerprint density at radius 1 is 1.08 bits per heavy atom. The van der Waals surface area contributed by atoms with Crippen molar-refractivity contribution >= 4 is 28.6 Å². The van der Waals surface area contributed by atoms with Crippen LogP contribution in [0.15, 0.2) is 48.1 Å². The van der Waals surface area contributed by atoms with Crippen LogP contribution in [-0.2, 0) is 0 Å². The quantitative estimate of drug-likeness (QED) is 0.771. The number of nitrogens with one attached hydrogen (secondary N) is 1. The molecular formula is C18H17ClN4S. The molecular weight excluding hydrogens is 340 g/mol. The van der Waals surface area contributed by atoms with E-state index < -0.39 is 0 Å². The van der Waals surface area contributed by atoms with Crippen LogP contribution in [0.1, 0.15) is 0 Å². The molecule has 1 fully saturated rings. The van der Waals surface area contributed by atoms with Gasteiger partial charge in [0.05, 0.1) is 16.9 Å². The van der Waals surface area contributed by atoms with Gasteiger partial charge in [-0.3, -0.25) is 4.98 Å². The van der Waals surface area contributed by atoms with E-state index in [0.717, 1.165) is 53.0 Å². The summed E-state index contributed by atoms with van der Waals surface area (Å²) in [6.45, 7) is 4.03. The van der Waals surface area contributed by atoms with E-state index in [9.17, 15) is 0 Å². The third kappa shape index (κ3) is 3.15. The Bertz CT molecular complexity index is 825. The molecule has 1 saturated heterocycles. The summed E-state index contributed by atoms with van der Waals surface area (Å²) < 4.78 is 0. The van der Waals surface area contributed by atoms with Crippen molar-refractivity contribution in [1.29, 1.82) is 0 Å². The topological polar surface area (TPSA) is 41.1 Å². The zero-order valence-corrected chi connectivity index (χ0v) is 14.6. The molecule has 0 atom stereocenters. The van der Waals surface area contributed by atoms with Gasteiger partial charge in [-0.15, -0.1) is 11.3 Å². The molecule has 24 heavy (non-hydrogen) atoms. The average Bonchev–Trinajstić information content (AvgIpc) is 3.13. The number of thiazole rings is 1. The third-order valence-electron chi connectivity index (χ3n) is 4.13. The summed E-state index contributed by atoms with van der Waals surface area (Å²) in [6.07, 6.45) is 3.77. The molecule has 6 heteroatoms. The van der Waals surface area contributed by atoms with Gasteiger partial charge in [0, 0.05) is 54.5 Å². The highest BCUT2D eigenvalue weighted by molar-refractivity contribution is 7.13. The van der Waals surface area contributed by atoms with Crippen LogP contribution in [0, 0.1) is 0 Å². The molecule has 1 N–H and O–H groups in total. The van der Waals surface area contributed by atoms with Gasteiger partial charge in [0.2, 0.25) is 0 Å². The number of nitrogens with zero attached hydrogens (tertiary/aromatic N) is 3. The van der Waals surface area contributed by atoms with Crippen molar-refractivity contribution in [3.05, 3.63) is 53.1 Å². The highest BCUT2D eigenvalue weighted by Gasteiger charge is 2.17. The first kappa shape index (κ1) is 15.6. The van der Waals surface area contributed by atoms with Crippen molar-refractivity contribution in [3.8, 4) is 21.8 Å². The first-order valence-electron chi connectivity index (χ1n) is 7.93. The van der Waals surface area contributed by atoms with E-state index in [1.165, 1.54) is 5.69 Å². The molecule has 0 spiro atoms. The van der Waals surface area contributed by atoms with Crippen LogP contribution in [0.3, 0.4) is 0 Å². The summed E-state index contributed by atoms with van der Waals surface area (Å²) in [5.74, 6) is 0. The molecule has 4 rings (SSSR count). The van der Waals surface area contributed by atoms with Crippen LogP contribution in [0.25, 0.3) is 21.8 Å². The maximum atomic E-state index is 5.97. The smallest absolute Gasteiger partial charge is 0.127 e. The lowest BCUT2D eigenvalue weighted by molar-refractivity contribution is 0.589. The first-order valence-corrected chi connectivity index (χ1v) is 9.18. The van der Waals surface area contributed by atoms with Crippen molar-refractivity contribution in [1.82, 2.24) is 15.3 Å². The number of hydrogen-bond acceptors (Lipinski definition) is 5. The number of halogens is 1. The Kier molecular flexibility index (Phi) is 4.47. The molecule has 2 aromatic heterocycles. The number of pyridine rings is 1. The molecule has 4 nitrogen and oxygen atoms in total. The molecule has 122 valence electrons. The second-order valence-corrected chi connectivity index (χ2v) is 6.97. The normalized spacial score (nSPS) is 14.8. The summed E-state index contributed by atoms with van der Waals surface area (Å²) in [5.41, 5.74) is 4.37. The Hall–Kier alpha value is -1.95. The summed E-state index contributed by atoms with van der Waals surface area (Å²) in [5, 5.41) is 7.22. The van der Waals surface area contributed by atoms with Gasteiger partial charge in [-0.2, -0.15) is 0 Å². The molecule has 0 unspecified atom stereocenters. The molecule has 1 aliphatic heterocycles. The SMILES string of the molecule is Clc1ccc(-c2csc(-c3cnccc3N3CCNCC3)n2)cc1. The fourth-order valence-electron chi connectivity index (χ4n) is 2.88. The van der Waals surface area contributed by atoms with Crippen LogP contribution < -0.4 is 10.2 Å². The Balaban J connectivity index is 1.68. The molecule has 0 amide bonds. The van der Waals surface area contributed by atoms with Gasteiger partial charge in [-0.05, 0) is 18.2 Å². The van der Waals surface area contributed by atoms with Gasteiger partial charge >= 0.3 is 0 Å². The van der Waals surface area contributed by atoms with Gasteiger partial charge in [-0.25, -0.2) is 4.98 Å². The third-order valence-corrected chi connectivity index (χ3v) is 5.26. The van der Waals surface area contributed by atoms with Gasteiger partial charge < -0.3 is 10.2 Å². The van der Waals surface area contributed by atoms with Gasteiger partial charge in [0.15, 0.2) is 0 Å². The van der Waals surface area contributed by atoms with Crippen molar-refractivity contribution in [2.45, 2.75) is 0 Å². The second kappa shape index (κ2) is 6.89. The van der Waals surface area contributed by atoms with E-state index in [1.54, 1.807) is 11.3 Å². The Morgan fingerprint density at radius 3 is 2.67 bits per heavy atom.